The number of para-hydroxylation sites is 1. The fourth-order valence-electron chi connectivity index (χ4n) is 2.24. The van der Waals surface area contributed by atoms with Gasteiger partial charge in [0, 0.05) is 11.1 Å². The van der Waals surface area contributed by atoms with E-state index in [0.717, 1.165) is 16.8 Å². The second-order valence-electron chi connectivity index (χ2n) is 7.02. The molecule has 0 atom stereocenters. The Morgan fingerprint density at radius 2 is 1.54 bits per heavy atom. The molecule has 0 bridgehead atoms. The Bertz CT molecular complexity index is 773. The number of anilines is 2. The maximum atomic E-state index is 12.6. The van der Waals surface area contributed by atoms with Crippen LogP contribution in [0.3, 0.4) is 0 Å². The van der Waals surface area contributed by atoms with Crippen LogP contribution in [0.2, 0.25) is 0 Å². The Kier molecular flexibility index (Phi) is 5.07. The lowest BCUT2D eigenvalue weighted by Gasteiger charge is -2.19. The van der Waals surface area contributed by atoms with Gasteiger partial charge in [0.05, 0.1) is 11.3 Å². The molecule has 2 aromatic rings. The molecule has 2 amide bonds. The summed E-state index contributed by atoms with van der Waals surface area (Å²) in [6.45, 7) is 9.47. The Labute approximate surface area is 143 Å². The number of aryl methyl sites for hydroxylation is 2. The molecule has 2 N–H and O–H groups in total. The van der Waals surface area contributed by atoms with E-state index in [1.165, 1.54) is 0 Å². The van der Waals surface area contributed by atoms with Gasteiger partial charge < -0.3 is 10.6 Å². The van der Waals surface area contributed by atoms with Crippen LogP contribution in [-0.4, -0.2) is 11.8 Å². The van der Waals surface area contributed by atoms with E-state index in [4.69, 9.17) is 0 Å². The number of amides is 2. The second-order valence-corrected chi connectivity index (χ2v) is 7.02. The summed E-state index contributed by atoms with van der Waals surface area (Å²) in [6.07, 6.45) is 0. The molecular weight excluding hydrogens is 300 g/mol. The molecular formula is C20H24N2O2. The number of hydrogen-bond donors (Lipinski definition) is 2. The summed E-state index contributed by atoms with van der Waals surface area (Å²) in [7, 11) is 0. The number of hydrogen-bond acceptors (Lipinski definition) is 2. The fourth-order valence-corrected chi connectivity index (χ4v) is 2.24. The van der Waals surface area contributed by atoms with Gasteiger partial charge in [0.25, 0.3) is 5.91 Å². The van der Waals surface area contributed by atoms with Crippen molar-refractivity contribution in [1.29, 1.82) is 0 Å². The summed E-state index contributed by atoms with van der Waals surface area (Å²) in [5.41, 5.74) is 3.33. The average Bonchev–Trinajstić information content (AvgIpc) is 2.49. The van der Waals surface area contributed by atoms with Crippen molar-refractivity contribution in [2.45, 2.75) is 34.6 Å². The Morgan fingerprint density at radius 1 is 0.875 bits per heavy atom. The van der Waals surface area contributed by atoms with Gasteiger partial charge in [-0.1, -0.05) is 50.6 Å². The topological polar surface area (TPSA) is 58.2 Å². The van der Waals surface area contributed by atoms with E-state index in [9.17, 15) is 9.59 Å². The molecule has 0 aromatic heterocycles. The highest BCUT2D eigenvalue weighted by molar-refractivity contribution is 6.10. The number of benzene rings is 2. The quantitative estimate of drug-likeness (QED) is 0.871. The van der Waals surface area contributed by atoms with Crippen LogP contribution in [0.25, 0.3) is 0 Å². The van der Waals surface area contributed by atoms with Crippen molar-refractivity contribution >= 4 is 23.2 Å². The normalized spacial score (nSPS) is 11.0. The minimum atomic E-state index is -0.531. The molecule has 0 fully saturated rings. The van der Waals surface area contributed by atoms with Gasteiger partial charge in [0.15, 0.2) is 0 Å². The van der Waals surface area contributed by atoms with Crippen molar-refractivity contribution in [3.05, 3.63) is 59.2 Å². The smallest absolute Gasteiger partial charge is 0.257 e. The Hall–Kier alpha value is -2.62. The van der Waals surface area contributed by atoms with Crippen LogP contribution in [0, 0.1) is 19.3 Å². The molecule has 4 nitrogen and oxygen atoms in total. The first kappa shape index (κ1) is 17.7. The third-order valence-electron chi connectivity index (χ3n) is 3.73. The summed E-state index contributed by atoms with van der Waals surface area (Å²) in [4.78, 5) is 24.9. The van der Waals surface area contributed by atoms with Gasteiger partial charge in [-0.3, -0.25) is 9.59 Å². The van der Waals surface area contributed by atoms with E-state index >= 15 is 0 Å². The van der Waals surface area contributed by atoms with Gasteiger partial charge in [-0.05, 0) is 37.6 Å². The molecule has 4 heteroatoms. The maximum absolute atomic E-state index is 12.6. The summed E-state index contributed by atoms with van der Waals surface area (Å²) in [5, 5.41) is 5.76. The lowest BCUT2D eigenvalue weighted by Crippen LogP contribution is -2.28. The number of rotatable bonds is 3. The Morgan fingerprint density at radius 3 is 2.17 bits per heavy atom. The largest absolute Gasteiger partial charge is 0.325 e. The van der Waals surface area contributed by atoms with Gasteiger partial charge in [-0.2, -0.15) is 0 Å². The molecule has 0 aliphatic heterocycles. The fraction of sp³-hybridized carbons (Fsp3) is 0.300. The van der Waals surface area contributed by atoms with E-state index in [2.05, 4.69) is 10.6 Å². The number of nitrogens with one attached hydrogen (secondary N) is 2. The minimum Gasteiger partial charge on any atom is -0.325 e. The van der Waals surface area contributed by atoms with E-state index < -0.39 is 5.41 Å². The molecule has 0 aliphatic carbocycles. The van der Waals surface area contributed by atoms with Crippen molar-refractivity contribution in [2.24, 2.45) is 5.41 Å². The average molecular weight is 324 g/mol. The van der Waals surface area contributed by atoms with Gasteiger partial charge in [0.1, 0.15) is 0 Å². The number of carbonyl (C=O) groups excluding carboxylic acids is 2. The molecule has 0 aliphatic rings. The molecule has 2 aromatic carbocycles. The zero-order chi connectivity index (χ0) is 17.9. The zero-order valence-corrected chi connectivity index (χ0v) is 14.9. The Balaban J connectivity index is 2.25. The summed E-state index contributed by atoms with van der Waals surface area (Å²) in [6, 6.07) is 12.9. The van der Waals surface area contributed by atoms with Crippen molar-refractivity contribution in [3.8, 4) is 0 Å². The second kappa shape index (κ2) is 6.87. The first-order chi connectivity index (χ1) is 11.2. The monoisotopic (exact) mass is 324 g/mol. The van der Waals surface area contributed by atoms with Gasteiger partial charge in [0.2, 0.25) is 5.91 Å². The van der Waals surface area contributed by atoms with Crippen LogP contribution in [0.4, 0.5) is 11.4 Å². The molecule has 2 rings (SSSR count). The van der Waals surface area contributed by atoms with E-state index in [-0.39, 0.29) is 11.8 Å². The van der Waals surface area contributed by atoms with Gasteiger partial charge in [-0.15, -0.1) is 0 Å². The van der Waals surface area contributed by atoms with Crippen molar-refractivity contribution < 1.29 is 9.59 Å². The van der Waals surface area contributed by atoms with Crippen LogP contribution < -0.4 is 10.6 Å². The lowest BCUT2D eigenvalue weighted by molar-refractivity contribution is -0.123. The van der Waals surface area contributed by atoms with Crippen LogP contribution >= 0.6 is 0 Å². The van der Waals surface area contributed by atoms with Crippen molar-refractivity contribution in [3.63, 3.8) is 0 Å². The highest BCUT2D eigenvalue weighted by atomic mass is 16.2. The molecule has 0 heterocycles. The zero-order valence-electron chi connectivity index (χ0n) is 14.9. The molecule has 0 spiro atoms. The van der Waals surface area contributed by atoms with Crippen LogP contribution in [0.1, 0.15) is 42.3 Å². The predicted molar refractivity (Wildman–Crippen MR) is 98.4 cm³/mol. The third-order valence-corrected chi connectivity index (χ3v) is 3.73. The SMILES string of the molecule is Cc1ccc(NC(=O)c2ccccc2NC(=O)C(C)(C)C)c(C)c1. The van der Waals surface area contributed by atoms with E-state index in [1.807, 2.05) is 52.8 Å². The van der Waals surface area contributed by atoms with Crippen molar-refractivity contribution in [1.82, 2.24) is 0 Å². The summed E-state index contributed by atoms with van der Waals surface area (Å²) < 4.78 is 0. The highest BCUT2D eigenvalue weighted by Gasteiger charge is 2.23. The van der Waals surface area contributed by atoms with Crippen LogP contribution in [0.15, 0.2) is 42.5 Å². The standard InChI is InChI=1S/C20H24N2O2/c1-13-10-11-16(14(2)12-13)21-18(23)15-8-6-7-9-17(15)22-19(24)20(3,4)5/h6-12H,1-5H3,(H,21,23)(H,22,24). The molecule has 24 heavy (non-hydrogen) atoms. The molecule has 126 valence electrons. The first-order valence-corrected chi connectivity index (χ1v) is 7.97. The first-order valence-electron chi connectivity index (χ1n) is 7.97. The molecule has 0 saturated carbocycles. The van der Waals surface area contributed by atoms with Gasteiger partial charge in [-0.25, -0.2) is 0 Å². The minimum absolute atomic E-state index is 0.130. The molecule has 0 unspecified atom stereocenters. The maximum Gasteiger partial charge on any atom is 0.257 e. The van der Waals surface area contributed by atoms with Gasteiger partial charge >= 0.3 is 0 Å². The lowest BCUT2D eigenvalue weighted by atomic mass is 9.95. The molecule has 0 radical (unpaired) electrons. The summed E-state index contributed by atoms with van der Waals surface area (Å²) >= 11 is 0. The molecule has 0 saturated heterocycles. The van der Waals surface area contributed by atoms with E-state index in [0.29, 0.717) is 11.3 Å². The van der Waals surface area contributed by atoms with Crippen LogP contribution in [-0.2, 0) is 4.79 Å². The third kappa shape index (κ3) is 4.22. The highest BCUT2D eigenvalue weighted by Crippen LogP contribution is 2.23. The summed E-state index contributed by atoms with van der Waals surface area (Å²) in [5.74, 6) is -0.374. The number of carbonyl (C=O) groups is 2. The van der Waals surface area contributed by atoms with Crippen molar-refractivity contribution in [2.75, 3.05) is 10.6 Å². The predicted octanol–water partition coefficient (Wildman–Crippen LogP) is 4.54. The van der Waals surface area contributed by atoms with E-state index in [1.54, 1.807) is 24.3 Å². The van der Waals surface area contributed by atoms with Crippen LogP contribution in [0.5, 0.6) is 0 Å².